The van der Waals surface area contributed by atoms with Crippen molar-refractivity contribution in [2.45, 2.75) is 212 Å². The predicted octanol–water partition coefficient (Wildman–Crippen LogP) is 5.32. The molecule has 7 aliphatic rings. The van der Waals surface area contributed by atoms with Crippen LogP contribution in [-0.4, -0.2) is 133 Å². The Bertz CT molecular complexity index is 1650. The number of aliphatic hydroxyl groups is 3. The molecule has 0 aromatic rings. The third-order valence-electron chi connectivity index (χ3n) is 16.8. The third kappa shape index (κ3) is 8.36. The number of ether oxygens (including phenoxy) is 9. The fraction of sp³-hybridized carbons (Fsp3) is 0.872. The van der Waals surface area contributed by atoms with Crippen LogP contribution >= 0.6 is 0 Å². The lowest BCUT2D eigenvalue weighted by Crippen LogP contribution is -2.66. The summed E-state index contributed by atoms with van der Waals surface area (Å²) in [5.74, 6) is -1.13. The van der Waals surface area contributed by atoms with Crippen LogP contribution in [0.25, 0.3) is 0 Å². The molecule has 0 bridgehead atoms. The number of carbonyl (C=O) groups is 2. The minimum atomic E-state index is -1.14. The van der Waals surface area contributed by atoms with Gasteiger partial charge >= 0.3 is 5.97 Å². The number of ketones is 1. The fourth-order valence-electron chi connectivity index (χ4n) is 12.8. The van der Waals surface area contributed by atoms with Gasteiger partial charge in [-0.05, 0) is 104 Å². The first-order valence-electron chi connectivity index (χ1n) is 22.9. The number of esters is 1. The van der Waals surface area contributed by atoms with Crippen LogP contribution in [0.3, 0.4) is 0 Å². The van der Waals surface area contributed by atoms with Crippen LogP contribution in [0.15, 0.2) is 23.3 Å². The van der Waals surface area contributed by atoms with E-state index in [0.717, 1.165) is 19.3 Å². The third-order valence-corrected chi connectivity index (χ3v) is 16.8. The fourth-order valence-corrected chi connectivity index (χ4v) is 12.8. The van der Waals surface area contributed by atoms with Crippen molar-refractivity contribution in [3.63, 3.8) is 0 Å². The summed E-state index contributed by atoms with van der Waals surface area (Å²) in [6.45, 7) is 16.8. The van der Waals surface area contributed by atoms with E-state index in [0.29, 0.717) is 44.1 Å². The Balaban J connectivity index is 0.982. The second kappa shape index (κ2) is 18.2. The Hall–Kier alpha value is -1.82. The number of fused-ring (bicyclic) bond motifs is 5. The number of allylic oxidation sites excluding steroid dienone is 2. The molecule has 3 aliphatic heterocycles. The molecular weight excluding hydrogens is 789 g/mol. The molecule has 0 amide bonds. The molecule has 16 unspecified atom stereocenters. The summed E-state index contributed by atoms with van der Waals surface area (Å²) >= 11 is 0. The van der Waals surface area contributed by atoms with Crippen molar-refractivity contribution >= 4 is 11.8 Å². The zero-order valence-corrected chi connectivity index (χ0v) is 38.2. The van der Waals surface area contributed by atoms with Crippen LogP contribution in [0.2, 0.25) is 0 Å². The molecule has 3 N–H and O–H groups in total. The van der Waals surface area contributed by atoms with Crippen LogP contribution in [0.4, 0.5) is 0 Å². The van der Waals surface area contributed by atoms with Gasteiger partial charge in [-0.2, -0.15) is 0 Å². The molecule has 346 valence electrons. The molecule has 0 aromatic heterocycles. The lowest BCUT2D eigenvalue weighted by molar-refractivity contribution is -0.347. The standard InChI is InChI=1S/C47H74O14/c1-12-23(2)43(51)59-36-20-33-32(47(52)18-16-31(25(4)48)46(36,47)9)14-13-29-19-30(15-17-45(29,33)8)58-37-21-34(53-10)41(27(6)55-37)60-38-22-35(54-11)42(28(7)56-38)61-44-40(50)24(3)39(49)26(5)57-44/h12-13,24,26-28,30-42,44,49-50,52H,14-22H2,1-11H3/b23-12+/t24?,26?,27?,28?,30-,31?,32?,33?,34?,35?,36+,37?,38?,39?,40?,41?,42?,44?,45-,46-,47-/m0/s1. The van der Waals surface area contributed by atoms with E-state index in [9.17, 15) is 24.9 Å². The van der Waals surface area contributed by atoms with Crippen molar-refractivity contribution in [2.75, 3.05) is 14.2 Å². The highest BCUT2D eigenvalue weighted by molar-refractivity contribution is 5.88. The smallest absolute Gasteiger partial charge is 0.333 e. The largest absolute Gasteiger partial charge is 0.458 e. The Morgan fingerprint density at radius 2 is 1.43 bits per heavy atom. The summed E-state index contributed by atoms with van der Waals surface area (Å²) in [5.41, 5.74) is -0.416. The van der Waals surface area contributed by atoms with Crippen LogP contribution in [-0.2, 0) is 52.2 Å². The first-order valence-corrected chi connectivity index (χ1v) is 22.9. The van der Waals surface area contributed by atoms with E-state index in [1.165, 1.54) is 5.57 Å². The minimum Gasteiger partial charge on any atom is -0.458 e. The Morgan fingerprint density at radius 3 is 2.03 bits per heavy atom. The molecule has 0 radical (unpaired) electrons. The molecule has 3 saturated heterocycles. The summed E-state index contributed by atoms with van der Waals surface area (Å²) in [6.07, 6.45) is 2.02. The molecule has 0 spiro atoms. The number of carbonyl (C=O) groups excluding carboxylic acids is 2. The Labute approximate surface area is 362 Å². The number of methoxy groups -OCH3 is 2. The molecule has 3 saturated carbocycles. The summed E-state index contributed by atoms with van der Waals surface area (Å²) in [4.78, 5) is 26.4. The van der Waals surface area contributed by atoms with Crippen LogP contribution in [0.1, 0.15) is 120 Å². The van der Waals surface area contributed by atoms with Gasteiger partial charge in [0.05, 0.1) is 48.3 Å². The van der Waals surface area contributed by atoms with Gasteiger partial charge in [0.15, 0.2) is 18.9 Å². The van der Waals surface area contributed by atoms with Crippen molar-refractivity contribution in [3.05, 3.63) is 23.3 Å². The number of aliphatic hydroxyl groups excluding tert-OH is 2. The maximum absolute atomic E-state index is 13.3. The molecule has 4 aliphatic carbocycles. The van der Waals surface area contributed by atoms with Gasteiger partial charge in [-0.1, -0.05) is 38.5 Å². The highest BCUT2D eigenvalue weighted by atomic mass is 16.7. The monoisotopic (exact) mass is 863 g/mol. The molecule has 3 heterocycles. The van der Waals surface area contributed by atoms with Crippen LogP contribution < -0.4 is 0 Å². The Kier molecular flexibility index (Phi) is 14.1. The summed E-state index contributed by atoms with van der Waals surface area (Å²) in [7, 11) is 3.28. The SMILES string of the molecule is C/C=C(\C)C(=O)O[C@@H]1CC2C(CC=C3C[C@@H](OC4CC(OC)C(OC5CC(OC)C(OC6OC(C)C(O)C(C)C6O)C(C)O5)C(C)O4)CC[C@@]32C)[C@@]2(O)CCC(C(C)=O)[C@@]12C. The summed E-state index contributed by atoms with van der Waals surface area (Å²) < 4.78 is 56.5. The molecule has 14 heteroatoms. The Morgan fingerprint density at radius 1 is 0.803 bits per heavy atom. The van der Waals surface area contributed by atoms with Gasteiger partial charge in [0.2, 0.25) is 0 Å². The van der Waals surface area contributed by atoms with Gasteiger partial charge in [-0.3, -0.25) is 4.79 Å². The van der Waals surface area contributed by atoms with E-state index in [1.807, 2.05) is 27.7 Å². The minimum absolute atomic E-state index is 0.0420. The first kappa shape index (κ1) is 47.2. The van der Waals surface area contributed by atoms with Gasteiger partial charge in [0, 0.05) is 49.9 Å². The average molecular weight is 863 g/mol. The number of hydrogen-bond donors (Lipinski definition) is 3. The second-order valence-electron chi connectivity index (χ2n) is 19.9. The van der Waals surface area contributed by atoms with Crippen molar-refractivity contribution in [1.82, 2.24) is 0 Å². The zero-order chi connectivity index (χ0) is 44.3. The van der Waals surface area contributed by atoms with Crippen molar-refractivity contribution in [1.29, 1.82) is 0 Å². The van der Waals surface area contributed by atoms with Crippen molar-refractivity contribution < 1.29 is 67.5 Å². The molecular formula is C47H74O14. The van der Waals surface area contributed by atoms with E-state index in [2.05, 4.69) is 13.0 Å². The molecule has 7 rings (SSSR count). The van der Waals surface area contributed by atoms with Crippen LogP contribution in [0, 0.1) is 34.5 Å². The lowest BCUT2D eigenvalue weighted by atomic mass is 9.45. The highest BCUT2D eigenvalue weighted by Crippen LogP contribution is 2.68. The maximum atomic E-state index is 13.3. The van der Waals surface area contributed by atoms with E-state index in [1.54, 1.807) is 48.0 Å². The molecule has 21 atom stereocenters. The second-order valence-corrected chi connectivity index (χ2v) is 19.9. The zero-order valence-electron chi connectivity index (χ0n) is 38.2. The van der Waals surface area contributed by atoms with E-state index in [-0.39, 0.29) is 47.3 Å². The van der Waals surface area contributed by atoms with E-state index < -0.39 is 90.6 Å². The van der Waals surface area contributed by atoms with Gasteiger partial charge < -0.3 is 58.0 Å². The highest BCUT2D eigenvalue weighted by Gasteiger charge is 2.71. The predicted molar refractivity (Wildman–Crippen MR) is 222 cm³/mol. The molecule has 14 nitrogen and oxygen atoms in total. The van der Waals surface area contributed by atoms with E-state index >= 15 is 0 Å². The van der Waals surface area contributed by atoms with Gasteiger partial charge in [-0.15, -0.1) is 0 Å². The van der Waals surface area contributed by atoms with Gasteiger partial charge in [0.1, 0.15) is 30.2 Å². The maximum Gasteiger partial charge on any atom is 0.333 e. The molecule has 6 fully saturated rings. The number of hydrogen-bond acceptors (Lipinski definition) is 14. The molecule has 0 aromatic carbocycles. The first-order chi connectivity index (χ1) is 28.8. The topological polar surface area (TPSA) is 178 Å². The number of Topliss-reactive ketones (excluding diaryl/α,β-unsaturated/α-hetero) is 1. The van der Waals surface area contributed by atoms with Crippen molar-refractivity contribution in [3.8, 4) is 0 Å². The van der Waals surface area contributed by atoms with Crippen LogP contribution in [0.5, 0.6) is 0 Å². The molecule has 61 heavy (non-hydrogen) atoms. The summed E-state index contributed by atoms with van der Waals surface area (Å²) in [5, 5.41) is 34.0. The van der Waals surface area contributed by atoms with Crippen molar-refractivity contribution in [2.24, 2.45) is 34.5 Å². The summed E-state index contributed by atoms with van der Waals surface area (Å²) in [6, 6.07) is 0. The van der Waals surface area contributed by atoms with Gasteiger partial charge in [-0.25, -0.2) is 4.79 Å². The quantitative estimate of drug-likeness (QED) is 0.138. The number of rotatable bonds is 11. The normalized spacial score (nSPS) is 50.2. The average Bonchev–Trinajstić information content (AvgIpc) is 3.52. The van der Waals surface area contributed by atoms with Gasteiger partial charge in [0.25, 0.3) is 0 Å². The lowest BCUT2D eigenvalue weighted by Gasteiger charge is -2.63. The van der Waals surface area contributed by atoms with E-state index in [4.69, 9.17) is 42.6 Å².